The van der Waals surface area contributed by atoms with Gasteiger partial charge in [-0.25, -0.2) is 0 Å². The minimum absolute atomic E-state index is 0.207. The van der Waals surface area contributed by atoms with Crippen LogP contribution in [0, 0.1) is 0 Å². The van der Waals surface area contributed by atoms with E-state index in [1.807, 2.05) is 24.3 Å². The summed E-state index contributed by atoms with van der Waals surface area (Å²) in [5.41, 5.74) is 0.954. The first-order valence-electron chi connectivity index (χ1n) is 5.36. The number of aliphatic hydroxyl groups is 1. The van der Waals surface area contributed by atoms with Crippen LogP contribution in [0.3, 0.4) is 0 Å². The van der Waals surface area contributed by atoms with Crippen LogP contribution in [-0.2, 0) is 0 Å². The molecule has 1 aliphatic heterocycles. The Morgan fingerprint density at radius 2 is 2.13 bits per heavy atom. The van der Waals surface area contributed by atoms with Crippen LogP contribution >= 0.6 is 0 Å². The third-order valence-electron chi connectivity index (χ3n) is 2.94. The van der Waals surface area contributed by atoms with Gasteiger partial charge < -0.3 is 15.2 Å². The molecule has 0 aromatic heterocycles. The molecule has 3 heteroatoms. The largest absolute Gasteiger partial charge is 0.497 e. The number of rotatable bonds is 3. The van der Waals surface area contributed by atoms with Crippen molar-refractivity contribution >= 4 is 0 Å². The Balaban J connectivity index is 2.07. The summed E-state index contributed by atoms with van der Waals surface area (Å²) in [7, 11) is 1.64. The molecule has 0 aliphatic carbocycles. The molecule has 1 saturated heterocycles. The fourth-order valence-electron chi connectivity index (χ4n) is 2.01. The van der Waals surface area contributed by atoms with Crippen molar-refractivity contribution in [3.63, 3.8) is 0 Å². The number of hydrogen-bond donors (Lipinski definition) is 2. The minimum atomic E-state index is -0.404. The van der Waals surface area contributed by atoms with Gasteiger partial charge in [-0.2, -0.15) is 0 Å². The van der Waals surface area contributed by atoms with E-state index in [-0.39, 0.29) is 6.04 Å². The average molecular weight is 207 g/mol. The highest BCUT2D eigenvalue weighted by molar-refractivity contribution is 5.29. The molecular weight excluding hydrogens is 190 g/mol. The molecule has 1 aromatic carbocycles. The van der Waals surface area contributed by atoms with Crippen molar-refractivity contribution in [2.45, 2.75) is 25.0 Å². The van der Waals surface area contributed by atoms with Gasteiger partial charge in [0.25, 0.3) is 0 Å². The third kappa shape index (κ3) is 2.30. The topological polar surface area (TPSA) is 41.5 Å². The lowest BCUT2D eigenvalue weighted by Gasteiger charge is -2.18. The maximum absolute atomic E-state index is 10.1. The Morgan fingerprint density at radius 3 is 2.67 bits per heavy atom. The van der Waals surface area contributed by atoms with Gasteiger partial charge in [-0.3, -0.25) is 0 Å². The van der Waals surface area contributed by atoms with E-state index in [0.717, 1.165) is 30.7 Å². The molecule has 2 N–H and O–H groups in total. The molecule has 15 heavy (non-hydrogen) atoms. The average Bonchev–Trinajstić information content (AvgIpc) is 2.82. The van der Waals surface area contributed by atoms with Crippen molar-refractivity contribution in [3.05, 3.63) is 29.8 Å². The van der Waals surface area contributed by atoms with Crippen molar-refractivity contribution in [1.29, 1.82) is 0 Å². The second kappa shape index (κ2) is 4.64. The van der Waals surface area contributed by atoms with Crippen LogP contribution in [0.25, 0.3) is 0 Å². The summed E-state index contributed by atoms with van der Waals surface area (Å²) in [6.45, 7) is 1.01. The third-order valence-corrected chi connectivity index (χ3v) is 2.94. The first-order valence-corrected chi connectivity index (χ1v) is 5.36. The molecule has 0 radical (unpaired) electrons. The van der Waals surface area contributed by atoms with Crippen molar-refractivity contribution < 1.29 is 9.84 Å². The van der Waals surface area contributed by atoms with Gasteiger partial charge in [-0.15, -0.1) is 0 Å². The van der Waals surface area contributed by atoms with E-state index in [0.29, 0.717) is 0 Å². The molecule has 0 bridgehead atoms. The summed E-state index contributed by atoms with van der Waals surface area (Å²) in [5.74, 6) is 0.824. The molecule has 82 valence electrons. The Hall–Kier alpha value is -1.06. The van der Waals surface area contributed by atoms with Gasteiger partial charge in [-0.1, -0.05) is 12.1 Å². The molecule has 0 amide bonds. The Morgan fingerprint density at radius 1 is 1.40 bits per heavy atom. The van der Waals surface area contributed by atoms with Gasteiger partial charge >= 0.3 is 0 Å². The minimum Gasteiger partial charge on any atom is -0.497 e. The van der Waals surface area contributed by atoms with Crippen molar-refractivity contribution in [2.75, 3.05) is 13.7 Å². The van der Waals surface area contributed by atoms with Gasteiger partial charge in [0.05, 0.1) is 13.2 Å². The van der Waals surface area contributed by atoms with Crippen LogP contribution in [0.5, 0.6) is 5.75 Å². The Labute approximate surface area is 90.1 Å². The highest BCUT2D eigenvalue weighted by Gasteiger charge is 2.23. The standard InChI is InChI=1S/C12H17NO2/c1-15-10-6-4-9(5-7-10)12(14)11-3-2-8-13-11/h4-7,11-14H,2-3,8H2,1H3/t11-,12-/m1/s1. The summed E-state index contributed by atoms with van der Waals surface area (Å²) in [4.78, 5) is 0. The summed E-state index contributed by atoms with van der Waals surface area (Å²) in [6, 6.07) is 7.81. The number of aliphatic hydroxyl groups excluding tert-OH is 1. The number of methoxy groups -OCH3 is 1. The van der Waals surface area contributed by atoms with Crippen LogP contribution in [0.1, 0.15) is 24.5 Å². The first-order chi connectivity index (χ1) is 7.31. The van der Waals surface area contributed by atoms with E-state index in [1.54, 1.807) is 7.11 Å². The van der Waals surface area contributed by atoms with Crippen molar-refractivity contribution in [1.82, 2.24) is 5.32 Å². The van der Waals surface area contributed by atoms with Crippen LogP contribution in [0.2, 0.25) is 0 Å². The number of ether oxygens (including phenoxy) is 1. The van der Waals surface area contributed by atoms with E-state index in [4.69, 9.17) is 4.74 Å². The van der Waals surface area contributed by atoms with E-state index >= 15 is 0 Å². The molecule has 1 fully saturated rings. The van der Waals surface area contributed by atoms with E-state index < -0.39 is 6.10 Å². The molecule has 2 atom stereocenters. The zero-order valence-electron chi connectivity index (χ0n) is 8.94. The monoisotopic (exact) mass is 207 g/mol. The van der Waals surface area contributed by atoms with Crippen molar-refractivity contribution in [2.24, 2.45) is 0 Å². The van der Waals surface area contributed by atoms with Gasteiger partial charge in [0.15, 0.2) is 0 Å². The summed E-state index contributed by atoms with van der Waals surface area (Å²) in [6.07, 6.45) is 1.80. The fourth-order valence-corrected chi connectivity index (χ4v) is 2.01. The molecular formula is C12H17NO2. The van der Waals surface area contributed by atoms with Crippen LogP contribution in [0.15, 0.2) is 24.3 Å². The van der Waals surface area contributed by atoms with Crippen LogP contribution < -0.4 is 10.1 Å². The van der Waals surface area contributed by atoms with Gasteiger partial charge in [0.1, 0.15) is 5.75 Å². The summed E-state index contributed by atoms with van der Waals surface area (Å²) in [5, 5.41) is 13.4. The quantitative estimate of drug-likeness (QED) is 0.789. The zero-order valence-corrected chi connectivity index (χ0v) is 8.94. The molecule has 1 heterocycles. The SMILES string of the molecule is COc1ccc([C@@H](O)[C@H]2CCCN2)cc1. The van der Waals surface area contributed by atoms with Gasteiger partial charge in [0, 0.05) is 6.04 Å². The molecule has 3 nitrogen and oxygen atoms in total. The van der Waals surface area contributed by atoms with Gasteiger partial charge in [0.2, 0.25) is 0 Å². The van der Waals surface area contributed by atoms with Crippen LogP contribution in [0.4, 0.5) is 0 Å². The molecule has 0 saturated carbocycles. The highest BCUT2D eigenvalue weighted by Crippen LogP contribution is 2.24. The van der Waals surface area contributed by atoms with E-state index in [1.165, 1.54) is 0 Å². The molecule has 2 rings (SSSR count). The molecule has 0 unspecified atom stereocenters. The fraction of sp³-hybridized carbons (Fsp3) is 0.500. The number of hydrogen-bond acceptors (Lipinski definition) is 3. The predicted molar refractivity (Wildman–Crippen MR) is 59.0 cm³/mol. The first kappa shape index (κ1) is 10.5. The second-order valence-corrected chi connectivity index (χ2v) is 3.92. The number of benzene rings is 1. The van der Waals surface area contributed by atoms with Crippen molar-refractivity contribution in [3.8, 4) is 5.75 Å². The summed E-state index contributed by atoms with van der Waals surface area (Å²) >= 11 is 0. The summed E-state index contributed by atoms with van der Waals surface area (Å²) < 4.78 is 5.08. The smallest absolute Gasteiger partial charge is 0.118 e. The number of nitrogens with one attached hydrogen (secondary N) is 1. The maximum Gasteiger partial charge on any atom is 0.118 e. The molecule has 1 aromatic rings. The lowest BCUT2D eigenvalue weighted by Crippen LogP contribution is -2.28. The van der Waals surface area contributed by atoms with Gasteiger partial charge in [-0.05, 0) is 37.1 Å². The molecule has 0 spiro atoms. The highest BCUT2D eigenvalue weighted by atomic mass is 16.5. The maximum atomic E-state index is 10.1. The lowest BCUT2D eigenvalue weighted by atomic mass is 10.0. The lowest BCUT2D eigenvalue weighted by molar-refractivity contribution is 0.137. The van der Waals surface area contributed by atoms with E-state index in [9.17, 15) is 5.11 Å². The normalized spacial score (nSPS) is 22.7. The second-order valence-electron chi connectivity index (χ2n) is 3.92. The Bertz CT molecular complexity index is 304. The van der Waals surface area contributed by atoms with E-state index in [2.05, 4.69) is 5.32 Å². The Kier molecular flexibility index (Phi) is 3.23. The zero-order chi connectivity index (χ0) is 10.7. The molecule has 1 aliphatic rings. The van der Waals surface area contributed by atoms with Crippen LogP contribution in [-0.4, -0.2) is 24.8 Å². The predicted octanol–water partition coefficient (Wildman–Crippen LogP) is 1.48.